The average molecular weight is 280 g/mol. The molecule has 0 spiro atoms. The molecule has 0 radical (unpaired) electrons. The van der Waals surface area contributed by atoms with Crippen molar-refractivity contribution in [2.75, 3.05) is 0 Å². The maximum atomic E-state index is 14.0. The summed E-state index contributed by atoms with van der Waals surface area (Å²) in [6.45, 7) is 4.76. The Morgan fingerprint density at radius 2 is 1.95 bits per heavy atom. The lowest BCUT2D eigenvalue weighted by Gasteiger charge is -2.09. The van der Waals surface area contributed by atoms with Gasteiger partial charge in [0.2, 0.25) is 0 Å². The molecule has 0 aromatic carbocycles. The molecule has 0 unspecified atom stereocenters. The van der Waals surface area contributed by atoms with E-state index in [-0.39, 0.29) is 27.9 Å². The number of rotatable bonds is 2. The van der Waals surface area contributed by atoms with Crippen molar-refractivity contribution in [3.05, 3.63) is 40.3 Å². The van der Waals surface area contributed by atoms with Crippen molar-refractivity contribution < 1.29 is 9.18 Å². The predicted octanol–water partition coefficient (Wildman–Crippen LogP) is 3.15. The van der Waals surface area contributed by atoms with E-state index in [0.717, 1.165) is 0 Å². The van der Waals surface area contributed by atoms with Gasteiger partial charge in [0.1, 0.15) is 11.4 Å². The Morgan fingerprint density at radius 1 is 1.26 bits per heavy atom. The highest BCUT2D eigenvalue weighted by Gasteiger charge is 2.19. The number of carbonyl (C=O) groups is 1. The number of aromatic nitrogens is 3. The SMILES string of the molecule is CC(=O)c1nc(C)cnc1-c1cc(C)nc(Cl)c1F. The van der Waals surface area contributed by atoms with Crippen LogP contribution in [0.4, 0.5) is 4.39 Å². The number of ketones is 1. The summed E-state index contributed by atoms with van der Waals surface area (Å²) in [6.07, 6.45) is 1.48. The molecule has 0 saturated carbocycles. The van der Waals surface area contributed by atoms with Gasteiger partial charge in [-0.3, -0.25) is 9.78 Å². The van der Waals surface area contributed by atoms with Crippen LogP contribution in [-0.2, 0) is 0 Å². The van der Waals surface area contributed by atoms with Gasteiger partial charge in [-0.25, -0.2) is 14.4 Å². The molecule has 6 heteroatoms. The van der Waals surface area contributed by atoms with Gasteiger partial charge in [0.15, 0.2) is 16.8 Å². The minimum atomic E-state index is -0.701. The fourth-order valence-electron chi connectivity index (χ4n) is 1.71. The summed E-state index contributed by atoms with van der Waals surface area (Å²) < 4.78 is 14.0. The third-order valence-electron chi connectivity index (χ3n) is 2.53. The second-order valence-electron chi connectivity index (χ2n) is 4.18. The number of aryl methyl sites for hydroxylation is 2. The Bertz CT molecular complexity index is 673. The van der Waals surface area contributed by atoms with Crippen molar-refractivity contribution in [2.45, 2.75) is 20.8 Å². The molecule has 4 nitrogen and oxygen atoms in total. The maximum Gasteiger partial charge on any atom is 0.180 e. The van der Waals surface area contributed by atoms with E-state index in [1.807, 2.05) is 0 Å². The topological polar surface area (TPSA) is 55.7 Å². The van der Waals surface area contributed by atoms with Crippen molar-refractivity contribution in [3.63, 3.8) is 0 Å². The second-order valence-corrected chi connectivity index (χ2v) is 4.54. The molecule has 0 saturated heterocycles. The molecule has 2 rings (SSSR count). The van der Waals surface area contributed by atoms with Gasteiger partial charge >= 0.3 is 0 Å². The maximum absolute atomic E-state index is 14.0. The van der Waals surface area contributed by atoms with Crippen LogP contribution in [0.3, 0.4) is 0 Å². The number of hydrogen-bond donors (Lipinski definition) is 0. The lowest BCUT2D eigenvalue weighted by Crippen LogP contribution is -2.06. The van der Waals surface area contributed by atoms with Gasteiger partial charge in [-0.2, -0.15) is 0 Å². The second kappa shape index (κ2) is 5.01. The largest absolute Gasteiger partial charge is 0.293 e. The number of nitrogens with zero attached hydrogens (tertiary/aromatic N) is 3. The molecule has 0 aliphatic heterocycles. The van der Waals surface area contributed by atoms with Gasteiger partial charge in [-0.15, -0.1) is 0 Å². The Labute approximate surface area is 114 Å². The number of pyridine rings is 1. The van der Waals surface area contributed by atoms with E-state index in [9.17, 15) is 9.18 Å². The van der Waals surface area contributed by atoms with E-state index in [1.165, 1.54) is 19.2 Å². The van der Waals surface area contributed by atoms with Crippen LogP contribution in [-0.4, -0.2) is 20.7 Å². The Balaban J connectivity index is 2.75. The molecule has 2 aromatic heterocycles. The molecular weight excluding hydrogens is 269 g/mol. The Morgan fingerprint density at radius 3 is 2.58 bits per heavy atom. The third-order valence-corrected chi connectivity index (χ3v) is 2.78. The van der Waals surface area contributed by atoms with Crippen LogP contribution in [0.25, 0.3) is 11.3 Å². The van der Waals surface area contributed by atoms with E-state index < -0.39 is 5.82 Å². The van der Waals surface area contributed by atoms with E-state index in [4.69, 9.17) is 11.6 Å². The van der Waals surface area contributed by atoms with Crippen LogP contribution >= 0.6 is 11.6 Å². The number of Topliss-reactive ketones (excluding diaryl/α,β-unsaturated/α-hetero) is 1. The smallest absolute Gasteiger partial charge is 0.180 e. The fraction of sp³-hybridized carbons (Fsp3) is 0.231. The average Bonchev–Trinajstić information content (AvgIpc) is 2.34. The van der Waals surface area contributed by atoms with E-state index in [0.29, 0.717) is 11.4 Å². The molecule has 0 N–H and O–H groups in total. The summed E-state index contributed by atoms with van der Waals surface area (Å²) in [5.74, 6) is -0.982. The highest BCUT2D eigenvalue weighted by Crippen LogP contribution is 2.28. The monoisotopic (exact) mass is 279 g/mol. The third kappa shape index (κ3) is 2.61. The summed E-state index contributed by atoms with van der Waals surface area (Å²) in [5.41, 5.74) is 1.57. The summed E-state index contributed by atoms with van der Waals surface area (Å²) >= 11 is 5.71. The van der Waals surface area contributed by atoms with Crippen LogP contribution in [0.5, 0.6) is 0 Å². The molecule has 0 fully saturated rings. The van der Waals surface area contributed by atoms with Crippen LogP contribution in [0, 0.1) is 19.7 Å². The summed E-state index contributed by atoms with van der Waals surface area (Å²) in [4.78, 5) is 23.6. The molecule has 0 aliphatic rings. The van der Waals surface area contributed by atoms with Gasteiger partial charge in [-0.1, -0.05) is 11.6 Å². The number of halogens is 2. The van der Waals surface area contributed by atoms with Crippen molar-refractivity contribution >= 4 is 17.4 Å². The van der Waals surface area contributed by atoms with Crippen LogP contribution in [0.2, 0.25) is 5.15 Å². The zero-order chi connectivity index (χ0) is 14.2. The van der Waals surface area contributed by atoms with Crippen LogP contribution in [0.1, 0.15) is 28.8 Å². The first-order valence-corrected chi connectivity index (χ1v) is 5.95. The lowest BCUT2D eigenvalue weighted by molar-refractivity contribution is 0.101. The molecule has 0 amide bonds. The fourth-order valence-corrected chi connectivity index (χ4v) is 1.95. The first-order valence-electron chi connectivity index (χ1n) is 5.57. The molecule has 0 aliphatic carbocycles. The quantitative estimate of drug-likeness (QED) is 0.626. The van der Waals surface area contributed by atoms with Gasteiger partial charge < -0.3 is 0 Å². The molecule has 98 valence electrons. The lowest BCUT2D eigenvalue weighted by atomic mass is 10.1. The zero-order valence-corrected chi connectivity index (χ0v) is 11.4. The van der Waals surface area contributed by atoms with Crippen molar-refractivity contribution in [1.82, 2.24) is 15.0 Å². The standard InChI is InChI=1S/C13H11ClFN3O/c1-6-4-9(10(15)13(14)18-6)12-11(8(3)19)17-7(2)5-16-12/h4-5H,1-3H3. The highest BCUT2D eigenvalue weighted by molar-refractivity contribution is 6.29. The molecule has 0 atom stereocenters. The van der Waals surface area contributed by atoms with Crippen molar-refractivity contribution in [1.29, 1.82) is 0 Å². The molecular formula is C13H11ClFN3O. The molecule has 0 bridgehead atoms. The first-order chi connectivity index (χ1) is 8.90. The Hall–Kier alpha value is -1.88. The van der Waals surface area contributed by atoms with E-state index in [1.54, 1.807) is 13.8 Å². The molecule has 2 heterocycles. The van der Waals surface area contributed by atoms with Crippen LogP contribution in [0.15, 0.2) is 12.3 Å². The molecule has 19 heavy (non-hydrogen) atoms. The predicted molar refractivity (Wildman–Crippen MR) is 69.7 cm³/mol. The van der Waals surface area contributed by atoms with Gasteiger partial charge in [0, 0.05) is 24.4 Å². The highest BCUT2D eigenvalue weighted by atomic mass is 35.5. The van der Waals surface area contributed by atoms with Gasteiger partial charge in [0.25, 0.3) is 0 Å². The van der Waals surface area contributed by atoms with Gasteiger partial charge in [-0.05, 0) is 19.9 Å². The van der Waals surface area contributed by atoms with Crippen molar-refractivity contribution in [3.8, 4) is 11.3 Å². The van der Waals surface area contributed by atoms with Crippen LogP contribution < -0.4 is 0 Å². The molecule has 2 aromatic rings. The summed E-state index contributed by atoms with van der Waals surface area (Å²) in [6, 6.07) is 1.49. The minimum Gasteiger partial charge on any atom is -0.293 e. The van der Waals surface area contributed by atoms with E-state index in [2.05, 4.69) is 15.0 Å². The first kappa shape index (κ1) is 13.5. The summed E-state index contributed by atoms with van der Waals surface area (Å²) in [7, 11) is 0. The van der Waals surface area contributed by atoms with Crippen molar-refractivity contribution in [2.24, 2.45) is 0 Å². The zero-order valence-electron chi connectivity index (χ0n) is 10.7. The van der Waals surface area contributed by atoms with Gasteiger partial charge in [0.05, 0.1) is 5.69 Å². The minimum absolute atomic E-state index is 0.126. The normalized spacial score (nSPS) is 10.6. The number of carbonyl (C=O) groups excluding carboxylic acids is 1. The van der Waals surface area contributed by atoms with E-state index >= 15 is 0 Å². The Kier molecular flexibility index (Phi) is 3.57. The summed E-state index contributed by atoms with van der Waals surface area (Å²) in [5, 5.41) is -0.244. The number of hydrogen-bond acceptors (Lipinski definition) is 4.